The first kappa shape index (κ1) is 21.0. The molecule has 0 atom stereocenters. The van der Waals surface area contributed by atoms with Crippen LogP contribution in [0.5, 0.6) is 0 Å². The summed E-state index contributed by atoms with van der Waals surface area (Å²) in [6.07, 6.45) is 1.35. The average molecular weight is 415 g/mol. The zero-order chi connectivity index (χ0) is 21.8. The van der Waals surface area contributed by atoms with Gasteiger partial charge in [-0.25, -0.2) is 9.97 Å². The summed E-state index contributed by atoms with van der Waals surface area (Å²) in [5.41, 5.74) is 5.67. The van der Waals surface area contributed by atoms with Gasteiger partial charge in [0.1, 0.15) is 5.82 Å². The van der Waals surface area contributed by atoms with E-state index in [1.54, 1.807) is 0 Å². The second-order valence-electron chi connectivity index (χ2n) is 8.18. The molecule has 0 radical (unpaired) electrons. The van der Waals surface area contributed by atoms with E-state index in [0.717, 1.165) is 61.1 Å². The summed E-state index contributed by atoms with van der Waals surface area (Å²) in [5.74, 6) is 1.98. The lowest BCUT2D eigenvalue weighted by Crippen LogP contribution is -2.49. The quantitative estimate of drug-likeness (QED) is 0.621. The van der Waals surface area contributed by atoms with E-state index in [9.17, 15) is 4.79 Å². The highest BCUT2D eigenvalue weighted by Gasteiger charge is 2.24. The number of carbonyl (C=O) groups excluding carboxylic acids is 1. The Hall–Kier alpha value is -3.21. The molecule has 0 aliphatic carbocycles. The number of nitrogens with zero attached hydrogens (tertiary/aromatic N) is 4. The van der Waals surface area contributed by atoms with E-state index < -0.39 is 0 Å². The summed E-state index contributed by atoms with van der Waals surface area (Å²) in [7, 11) is 0. The van der Waals surface area contributed by atoms with Crippen molar-refractivity contribution in [2.24, 2.45) is 0 Å². The lowest BCUT2D eigenvalue weighted by Gasteiger charge is -2.36. The molecule has 2 heterocycles. The lowest BCUT2D eigenvalue weighted by molar-refractivity contribution is -0.131. The molecule has 5 heteroatoms. The van der Waals surface area contributed by atoms with Crippen LogP contribution in [0.25, 0.3) is 11.4 Å². The molecule has 0 spiro atoms. The molecule has 31 heavy (non-hydrogen) atoms. The smallest absolute Gasteiger partial charge is 0.222 e. The van der Waals surface area contributed by atoms with Crippen molar-refractivity contribution in [3.8, 4) is 11.4 Å². The van der Waals surface area contributed by atoms with Crippen LogP contribution in [0.1, 0.15) is 35.7 Å². The summed E-state index contributed by atoms with van der Waals surface area (Å²) in [4.78, 5) is 26.3. The molecule has 3 aromatic rings. The zero-order valence-corrected chi connectivity index (χ0v) is 18.6. The second kappa shape index (κ2) is 9.29. The minimum absolute atomic E-state index is 0.225. The third-order valence-electron chi connectivity index (χ3n) is 5.96. The molecule has 0 bridgehead atoms. The van der Waals surface area contributed by atoms with Gasteiger partial charge in [0, 0.05) is 55.8 Å². The van der Waals surface area contributed by atoms with Crippen molar-refractivity contribution in [1.82, 2.24) is 14.9 Å². The maximum atomic E-state index is 12.1. The van der Waals surface area contributed by atoms with Crippen LogP contribution in [0, 0.1) is 13.8 Å². The molecule has 2 aromatic carbocycles. The van der Waals surface area contributed by atoms with Crippen molar-refractivity contribution in [3.05, 3.63) is 77.0 Å². The summed E-state index contributed by atoms with van der Waals surface area (Å²) < 4.78 is 0. The predicted octanol–water partition coefficient (Wildman–Crippen LogP) is 4.41. The van der Waals surface area contributed by atoms with Gasteiger partial charge in [-0.1, -0.05) is 67.1 Å². The van der Waals surface area contributed by atoms with Crippen LogP contribution < -0.4 is 4.90 Å². The number of amides is 1. The molecular formula is C26H30N4O. The van der Waals surface area contributed by atoms with Crippen molar-refractivity contribution in [2.45, 2.75) is 33.6 Å². The first-order valence-electron chi connectivity index (χ1n) is 11.1. The highest BCUT2D eigenvalue weighted by atomic mass is 16.2. The molecular weight excluding hydrogens is 384 g/mol. The van der Waals surface area contributed by atoms with Crippen LogP contribution in [0.4, 0.5) is 5.82 Å². The minimum Gasteiger partial charge on any atom is -0.353 e. The molecule has 1 fully saturated rings. The van der Waals surface area contributed by atoms with Gasteiger partial charge in [0.15, 0.2) is 5.82 Å². The lowest BCUT2D eigenvalue weighted by atomic mass is 10.0. The number of benzene rings is 2. The topological polar surface area (TPSA) is 49.3 Å². The first-order valence-corrected chi connectivity index (χ1v) is 11.1. The maximum absolute atomic E-state index is 12.1. The molecule has 1 amide bonds. The number of piperazine rings is 1. The van der Waals surface area contributed by atoms with Gasteiger partial charge in [-0.3, -0.25) is 4.79 Å². The normalized spacial score (nSPS) is 14.0. The first-order chi connectivity index (χ1) is 15.0. The van der Waals surface area contributed by atoms with Gasteiger partial charge < -0.3 is 9.80 Å². The Balaban J connectivity index is 1.70. The van der Waals surface area contributed by atoms with Crippen molar-refractivity contribution in [3.63, 3.8) is 0 Å². The largest absolute Gasteiger partial charge is 0.353 e. The highest BCUT2D eigenvalue weighted by molar-refractivity contribution is 5.76. The molecule has 0 unspecified atom stereocenters. The van der Waals surface area contributed by atoms with E-state index >= 15 is 0 Å². The molecule has 1 saturated heterocycles. The number of hydrogen-bond acceptors (Lipinski definition) is 4. The van der Waals surface area contributed by atoms with Crippen LogP contribution in [-0.2, 0) is 11.2 Å². The Morgan fingerprint density at radius 1 is 0.903 bits per heavy atom. The monoisotopic (exact) mass is 414 g/mol. The van der Waals surface area contributed by atoms with Crippen LogP contribution in [0.2, 0.25) is 0 Å². The third-order valence-corrected chi connectivity index (χ3v) is 5.96. The Morgan fingerprint density at radius 2 is 1.58 bits per heavy atom. The zero-order valence-electron chi connectivity index (χ0n) is 18.6. The fraction of sp³-hybridized carbons (Fsp3) is 0.346. The van der Waals surface area contributed by atoms with Crippen molar-refractivity contribution >= 4 is 11.7 Å². The van der Waals surface area contributed by atoms with Gasteiger partial charge in [-0.2, -0.15) is 0 Å². The molecule has 1 aliphatic heterocycles. The fourth-order valence-electron chi connectivity index (χ4n) is 4.07. The average Bonchev–Trinajstić information content (AvgIpc) is 2.81. The highest BCUT2D eigenvalue weighted by Crippen LogP contribution is 2.28. The van der Waals surface area contributed by atoms with Gasteiger partial charge in [-0.05, 0) is 19.4 Å². The molecule has 4 rings (SSSR count). The molecule has 1 aromatic heterocycles. The van der Waals surface area contributed by atoms with E-state index in [4.69, 9.17) is 9.97 Å². The van der Waals surface area contributed by atoms with Crippen LogP contribution in [0.3, 0.4) is 0 Å². The predicted molar refractivity (Wildman–Crippen MR) is 125 cm³/mol. The van der Waals surface area contributed by atoms with Crippen LogP contribution >= 0.6 is 0 Å². The maximum Gasteiger partial charge on any atom is 0.222 e. The number of hydrogen-bond donors (Lipinski definition) is 0. The van der Waals surface area contributed by atoms with Crippen molar-refractivity contribution < 1.29 is 4.79 Å². The number of aromatic nitrogens is 2. The number of aryl methyl sites for hydroxylation is 2. The van der Waals surface area contributed by atoms with E-state index in [1.165, 1.54) is 11.1 Å². The van der Waals surface area contributed by atoms with E-state index in [1.807, 2.05) is 17.9 Å². The molecule has 5 nitrogen and oxygen atoms in total. The third kappa shape index (κ3) is 4.76. The Bertz CT molecular complexity index is 1040. The molecule has 0 saturated carbocycles. The van der Waals surface area contributed by atoms with Gasteiger partial charge >= 0.3 is 0 Å². The number of carbonyl (C=O) groups is 1. The fourth-order valence-corrected chi connectivity index (χ4v) is 4.07. The van der Waals surface area contributed by atoms with E-state index in [2.05, 4.69) is 67.3 Å². The van der Waals surface area contributed by atoms with Crippen LogP contribution in [-0.4, -0.2) is 47.0 Å². The molecule has 160 valence electrons. The van der Waals surface area contributed by atoms with Gasteiger partial charge in [-0.15, -0.1) is 0 Å². The van der Waals surface area contributed by atoms with Crippen molar-refractivity contribution in [1.29, 1.82) is 0 Å². The summed E-state index contributed by atoms with van der Waals surface area (Å²) >= 11 is 0. The van der Waals surface area contributed by atoms with Crippen molar-refractivity contribution in [2.75, 3.05) is 31.1 Å². The molecule has 0 N–H and O–H groups in total. The van der Waals surface area contributed by atoms with E-state index in [0.29, 0.717) is 6.42 Å². The molecule has 1 aliphatic rings. The second-order valence-corrected chi connectivity index (χ2v) is 8.18. The Kier molecular flexibility index (Phi) is 6.31. The standard InChI is InChI=1S/C26H30N4O/c1-4-24(31)29-14-16-30(17-15-29)26-23(18-21-8-6-5-7-9-21)20(3)27-25(28-26)22-12-10-19(2)11-13-22/h5-13H,4,14-18H2,1-3H3. The minimum atomic E-state index is 0.225. The summed E-state index contributed by atoms with van der Waals surface area (Å²) in [6, 6.07) is 18.8. The van der Waals surface area contributed by atoms with Gasteiger partial charge in [0.05, 0.1) is 0 Å². The Labute approximate surface area is 184 Å². The van der Waals surface area contributed by atoms with Gasteiger partial charge in [0.25, 0.3) is 0 Å². The number of anilines is 1. The van der Waals surface area contributed by atoms with E-state index in [-0.39, 0.29) is 5.91 Å². The summed E-state index contributed by atoms with van der Waals surface area (Å²) in [6.45, 7) is 9.14. The van der Waals surface area contributed by atoms with Crippen LogP contribution in [0.15, 0.2) is 54.6 Å². The SMILES string of the molecule is CCC(=O)N1CCN(c2nc(-c3ccc(C)cc3)nc(C)c2Cc2ccccc2)CC1. The summed E-state index contributed by atoms with van der Waals surface area (Å²) in [5, 5.41) is 0. The number of rotatable bonds is 5. The van der Waals surface area contributed by atoms with Gasteiger partial charge in [0.2, 0.25) is 5.91 Å². The Morgan fingerprint density at radius 3 is 2.23 bits per heavy atom.